The van der Waals surface area contributed by atoms with Crippen LogP contribution in [-0.4, -0.2) is 55.3 Å². The zero-order valence-corrected chi connectivity index (χ0v) is 15.0. The summed E-state index contributed by atoms with van der Waals surface area (Å²) in [6.45, 7) is 2.14. The van der Waals surface area contributed by atoms with Crippen molar-refractivity contribution in [3.05, 3.63) is 17.7 Å². The van der Waals surface area contributed by atoms with Crippen LogP contribution in [0, 0.1) is 0 Å². The zero-order chi connectivity index (χ0) is 18.7. The van der Waals surface area contributed by atoms with Crippen molar-refractivity contribution in [3.8, 4) is 11.5 Å². The van der Waals surface area contributed by atoms with Gasteiger partial charge in [0, 0.05) is 30.2 Å². The number of hydrogen-bond acceptors (Lipinski definition) is 8. The molecule has 0 bridgehead atoms. The summed E-state index contributed by atoms with van der Waals surface area (Å²) in [5, 5.41) is 19.3. The maximum Gasteiger partial charge on any atom is 0.237 e. The number of nitrogens with two attached hydrogens (primary N) is 2. The molecule has 0 fully saturated rings. The molecule has 1 amide bonds. The molecule has 0 aliphatic carbocycles. The second-order valence-electron chi connectivity index (χ2n) is 4.74. The quantitative estimate of drug-likeness (QED) is 0.212. The molecule has 0 aliphatic heterocycles. The van der Waals surface area contributed by atoms with Crippen LogP contribution in [0.3, 0.4) is 0 Å². The predicted octanol–water partition coefficient (Wildman–Crippen LogP) is -0.309. The SMILES string of the molecule is CO.COc1cc(C(C)O)c(N)cc1OCCNC(=O)C(N)CS. The number of anilines is 1. The first-order valence-corrected chi connectivity index (χ1v) is 7.91. The van der Waals surface area contributed by atoms with Crippen molar-refractivity contribution in [1.29, 1.82) is 0 Å². The van der Waals surface area contributed by atoms with Gasteiger partial charge in [0.1, 0.15) is 6.61 Å². The summed E-state index contributed by atoms with van der Waals surface area (Å²) in [5.41, 5.74) is 12.4. The normalized spacial score (nSPS) is 12.5. The number of nitrogen functional groups attached to an aromatic ring is 1. The molecular formula is C15H27N3O5S. The molecule has 1 aromatic rings. The van der Waals surface area contributed by atoms with E-state index >= 15 is 0 Å². The van der Waals surface area contributed by atoms with Crippen molar-refractivity contribution < 1.29 is 24.5 Å². The van der Waals surface area contributed by atoms with Crippen molar-refractivity contribution in [3.63, 3.8) is 0 Å². The van der Waals surface area contributed by atoms with E-state index < -0.39 is 12.1 Å². The van der Waals surface area contributed by atoms with E-state index in [1.165, 1.54) is 7.11 Å². The third kappa shape index (κ3) is 6.83. The molecule has 24 heavy (non-hydrogen) atoms. The molecule has 0 aromatic heterocycles. The van der Waals surface area contributed by atoms with Crippen LogP contribution < -0.4 is 26.3 Å². The van der Waals surface area contributed by atoms with Crippen LogP contribution in [0.15, 0.2) is 12.1 Å². The molecule has 9 heteroatoms. The van der Waals surface area contributed by atoms with Gasteiger partial charge in [0.25, 0.3) is 0 Å². The minimum atomic E-state index is -0.704. The van der Waals surface area contributed by atoms with Crippen molar-refractivity contribution >= 4 is 24.2 Å². The summed E-state index contributed by atoms with van der Waals surface area (Å²) < 4.78 is 10.8. The molecule has 8 nitrogen and oxygen atoms in total. The number of hydrogen-bond donors (Lipinski definition) is 6. The maximum atomic E-state index is 11.5. The lowest BCUT2D eigenvalue weighted by Crippen LogP contribution is -2.43. The van der Waals surface area contributed by atoms with E-state index in [9.17, 15) is 9.90 Å². The fourth-order valence-electron chi connectivity index (χ4n) is 1.77. The first-order chi connectivity index (χ1) is 11.4. The van der Waals surface area contributed by atoms with Crippen LogP contribution in [0.5, 0.6) is 11.5 Å². The van der Waals surface area contributed by atoms with Gasteiger partial charge in [-0.05, 0) is 13.0 Å². The number of aliphatic hydroxyl groups excluding tert-OH is 2. The first-order valence-electron chi connectivity index (χ1n) is 7.27. The fraction of sp³-hybridized carbons (Fsp3) is 0.533. The number of aliphatic hydroxyl groups is 2. The molecule has 0 radical (unpaired) electrons. The molecule has 1 rings (SSSR count). The standard InChI is InChI=1S/C14H23N3O4S.CH4O/c1-8(18)9-5-12(20-2)13(6-10(9)15)21-4-3-17-14(19)11(16)7-22;1-2/h5-6,8,11,18,22H,3-4,7,15-16H2,1-2H3,(H,17,19);2H,1H3. The van der Waals surface area contributed by atoms with E-state index in [1.54, 1.807) is 19.1 Å². The number of carbonyl (C=O) groups excluding carboxylic acids is 1. The number of nitrogens with one attached hydrogen (secondary N) is 1. The van der Waals surface area contributed by atoms with Crippen LogP contribution in [-0.2, 0) is 4.79 Å². The Morgan fingerprint density at radius 3 is 2.50 bits per heavy atom. The number of rotatable bonds is 8. The number of ether oxygens (including phenoxy) is 2. The van der Waals surface area contributed by atoms with Crippen LogP contribution in [0.1, 0.15) is 18.6 Å². The molecular weight excluding hydrogens is 334 g/mol. The Morgan fingerprint density at radius 2 is 2.00 bits per heavy atom. The molecule has 138 valence electrons. The average Bonchev–Trinajstić information content (AvgIpc) is 2.59. The van der Waals surface area contributed by atoms with Crippen molar-refractivity contribution in [1.82, 2.24) is 5.32 Å². The highest BCUT2D eigenvalue weighted by Crippen LogP contribution is 2.34. The number of carbonyl (C=O) groups is 1. The van der Waals surface area contributed by atoms with Crippen LogP contribution >= 0.6 is 12.6 Å². The van der Waals surface area contributed by atoms with Gasteiger partial charge >= 0.3 is 0 Å². The van der Waals surface area contributed by atoms with E-state index in [-0.39, 0.29) is 18.3 Å². The van der Waals surface area contributed by atoms with E-state index in [1.807, 2.05) is 0 Å². The molecule has 0 saturated carbocycles. The van der Waals surface area contributed by atoms with Crippen molar-refractivity contribution in [2.24, 2.45) is 5.73 Å². The number of amides is 1. The van der Waals surface area contributed by atoms with Crippen LogP contribution in [0.4, 0.5) is 5.69 Å². The highest BCUT2D eigenvalue weighted by atomic mass is 32.1. The molecule has 2 atom stereocenters. The third-order valence-electron chi connectivity index (χ3n) is 3.01. The number of benzene rings is 1. The Hall–Kier alpha value is -1.68. The number of thiol groups is 1. The summed E-state index contributed by atoms with van der Waals surface area (Å²) in [6.07, 6.45) is -0.704. The van der Waals surface area contributed by atoms with Crippen LogP contribution in [0.25, 0.3) is 0 Å². The molecule has 2 unspecified atom stereocenters. The lowest BCUT2D eigenvalue weighted by Gasteiger charge is -2.16. The van der Waals surface area contributed by atoms with Crippen molar-refractivity contribution in [2.45, 2.75) is 19.1 Å². The second-order valence-corrected chi connectivity index (χ2v) is 5.10. The smallest absolute Gasteiger partial charge is 0.237 e. The van der Waals surface area contributed by atoms with Gasteiger partial charge in [0.2, 0.25) is 5.91 Å². The van der Waals surface area contributed by atoms with Gasteiger partial charge in [-0.25, -0.2) is 0 Å². The van der Waals surface area contributed by atoms with E-state index in [0.29, 0.717) is 29.3 Å². The van der Waals surface area contributed by atoms with Gasteiger partial charge in [-0.15, -0.1) is 0 Å². The zero-order valence-electron chi connectivity index (χ0n) is 14.2. The van der Waals surface area contributed by atoms with Crippen LogP contribution in [0.2, 0.25) is 0 Å². The summed E-state index contributed by atoms with van der Waals surface area (Å²) in [4.78, 5) is 11.5. The molecule has 7 N–H and O–H groups in total. The van der Waals surface area contributed by atoms with Gasteiger partial charge in [-0.1, -0.05) is 0 Å². The Kier molecular flexibility index (Phi) is 11.0. The lowest BCUT2D eigenvalue weighted by molar-refractivity contribution is -0.121. The Balaban J connectivity index is 0.00000254. The number of methoxy groups -OCH3 is 1. The van der Waals surface area contributed by atoms with Gasteiger partial charge in [-0.2, -0.15) is 12.6 Å². The average molecular weight is 361 g/mol. The van der Waals surface area contributed by atoms with E-state index in [2.05, 4.69) is 17.9 Å². The Bertz CT molecular complexity index is 514. The second kappa shape index (κ2) is 11.8. The van der Waals surface area contributed by atoms with E-state index in [0.717, 1.165) is 7.11 Å². The summed E-state index contributed by atoms with van der Waals surface area (Å²) in [6, 6.07) is 2.58. The third-order valence-corrected chi connectivity index (χ3v) is 3.41. The topological polar surface area (TPSA) is 140 Å². The van der Waals surface area contributed by atoms with Gasteiger partial charge in [-0.3, -0.25) is 4.79 Å². The fourth-order valence-corrected chi connectivity index (χ4v) is 1.94. The maximum absolute atomic E-state index is 11.5. The van der Waals surface area contributed by atoms with Crippen molar-refractivity contribution in [2.75, 3.05) is 38.9 Å². The first kappa shape index (κ1) is 22.3. The monoisotopic (exact) mass is 361 g/mol. The van der Waals surface area contributed by atoms with Gasteiger partial charge < -0.3 is 36.5 Å². The summed E-state index contributed by atoms with van der Waals surface area (Å²) in [7, 11) is 2.50. The molecule has 0 heterocycles. The Morgan fingerprint density at radius 1 is 1.38 bits per heavy atom. The lowest BCUT2D eigenvalue weighted by atomic mass is 10.1. The summed E-state index contributed by atoms with van der Waals surface area (Å²) >= 11 is 3.95. The molecule has 0 saturated heterocycles. The Labute approximate surface area is 147 Å². The highest BCUT2D eigenvalue weighted by molar-refractivity contribution is 7.80. The minimum Gasteiger partial charge on any atom is -0.493 e. The predicted molar refractivity (Wildman–Crippen MR) is 96.5 cm³/mol. The van der Waals surface area contributed by atoms with E-state index in [4.69, 9.17) is 26.0 Å². The van der Waals surface area contributed by atoms with Gasteiger partial charge in [0.05, 0.1) is 25.8 Å². The van der Waals surface area contributed by atoms with Gasteiger partial charge in [0.15, 0.2) is 11.5 Å². The summed E-state index contributed by atoms with van der Waals surface area (Å²) in [5.74, 6) is 0.896. The molecule has 1 aromatic carbocycles. The molecule has 0 spiro atoms. The molecule has 0 aliphatic rings. The minimum absolute atomic E-state index is 0.231. The highest BCUT2D eigenvalue weighted by Gasteiger charge is 2.14. The largest absolute Gasteiger partial charge is 0.493 e.